The molecule has 1 aromatic carbocycles. The highest BCUT2D eigenvalue weighted by atomic mass is 79.9. The van der Waals surface area contributed by atoms with Crippen molar-refractivity contribution in [3.63, 3.8) is 0 Å². The Labute approximate surface area is 97.4 Å². The van der Waals surface area contributed by atoms with Crippen LogP contribution in [0.4, 0.5) is 0 Å². The summed E-state index contributed by atoms with van der Waals surface area (Å²) in [6.45, 7) is 0. The standard InChI is InChI=1S/C11H12BrN3/c1-14(2)15-8-10(12)11(13-15)9-6-4-3-5-7-9/h3-8H,1-2H3. The van der Waals surface area contributed by atoms with Crippen LogP contribution in [0.15, 0.2) is 41.0 Å². The molecule has 0 spiro atoms. The van der Waals surface area contributed by atoms with E-state index in [0.29, 0.717) is 0 Å². The van der Waals surface area contributed by atoms with Gasteiger partial charge in [0.2, 0.25) is 0 Å². The molecule has 0 atom stereocenters. The van der Waals surface area contributed by atoms with Crippen molar-refractivity contribution >= 4 is 15.9 Å². The Morgan fingerprint density at radius 3 is 2.40 bits per heavy atom. The Morgan fingerprint density at radius 1 is 1.20 bits per heavy atom. The van der Waals surface area contributed by atoms with E-state index in [4.69, 9.17) is 0 Å². The van der Waals surface area contributed by atoms with Crippen molar-refractivity contribution in [3.8, 4) is 11.3 Å². The molecule has 2 aromatic rings. The summed E-state index contributed by atoms with van der Waals surface area (Å²) in [7, 11) is 3.91. The molecule has 0 amide bonds. The molecule has 0 saturated carbocycles. The van der Waals surface area contributed by atoms with E-state index in [1.807, 2.05) is 55.6 Å². The summed E-state index contributed by atoms with van der Waals surface area (Å²) in [6.07, 6.45) is 1.95. The SMILES string of the molecule is CN(C)n1cc(Br)c(-c2ccccc2)n1. The van der Waals surface area contributed by atoms with Crippen molar-refractivity contribution in [1.82, 2.24) is 9.89 Å². The molecule has 3 nitrogen and oxygen atoms in total. The number of benzene rings is 1. The van der Waals surface area contributed by atoms with Crippen molar-refractivity contribution in [3.05, 3.63) is 41.0 Å². The molecule has 0 unspecified atom stereocenters. The molecule has 0 aliphatic heterocycles. The Balaban J connectivity index is 2.45. The van der Waals surface area contributed by atoms with Crippen LogP contribution < -0.4 is 5.01 Å². The normalized spacial score (nSPS) is 10.3. The zero-order valence-electron chi connectivity index (χ0n) is 8.68. The molecule has 4 heteroatoms. The van der Waals surface area contributed by atoms with E-state index in [1.54, 1.807) is 4.79 Å². The van der Waals surface area contributed by atoms with Gasteiger partial charge in [0.05, 0.1) is 10.7 Å². The minimum Gasteiger partial charge on any atom is -0.303 e. The van der Waals surface area contributed by atoms with Crippen LogP contribution in [0.5, 0.6) is 0 Å². The van der Waals surface area contributed by atoms with Crippen LogP contribution in [-0.2, 0) is 0 Å². The number of aromatic nitrogens is 2. The smallest absolute Gasteiger partial charge is 0.109 e. The van der Waals surface area contributed by atoms with Gasteiger partial charge < -0.3 is 5.01 Å². The van der Waals surface area contributed by atoms with E-state index in [9.17, 15) is 0 Å². The van der Waals surface area contributed by atoms with Gasteiger partial charge >= 0.3 is 0 Å². The summed E-state index contributed by atoms with van der Waals surface area (Å²) in [5.41, 5.74) is 2.08. The first-order valence-electron chi connectivity index (χ1n) is 4.66. The maximum absolute atomic E-state index is 4.48. The third-order valence-electron chi connectivity index (χ3n) is 2.11. The molecule has 78 valence electrons. The molecule has 0 bridgehead atoms. The summed E-state index contributed by atoms with van der Waals surface area (Å²) < 4.78 is 1.00. The molecule has 15 heavy (non-hydrogen) atoms. The molecule has 0 aliphatic rings. The molecular formula is C11H12BrN3. The number of rotatable bonds is 2. The van der Waals surface area contributed by atoms with Crippen LogP contribution in [0.1, 0.15) is 0 Å². The van der Waals surface area contributed by atoms with Crippen LogP contribution in [-0.4, -0.2) is 24.0 Å². The van der Waals surface area contributed by atoms with E-state index in [2.05, 4.69) is 21.0 Å². The minimum atomic E-state index is 0.962. The van der Waals surface area contributed by atoms with Crippen LogP contribution in [0.2, 0.25) is 0 Å². The molecule has 0 aliphatic carbocycles. The first-order chi connectivity index (χ1) is 7.18. The van der Waals surface area contributed by atoms with Gasteiger partial charge in [-0.05, 0) is 15.9 Å². The number of hydrogen-bond acceptors (Lipinski definition) is 2. The first-order valence-corrected chi connectivity index (χ1v) is 5.46. The highest BCUT2D eigenvalue weighted by Gasteiger charge is 2.08. The van der Waals surface area contributed by atoms with Gasteiger partial charge in [-0.2, -0.15) is 9.89 Å². The second-order valence-electron chi connectivity index (χ2n) is 3.46. The van der Waals surface area contributed by atoms with Crippen molar-refractivity contribution < 1.29 is 0 Å². The summed E-state index contributed by atoms with van der Waals surface area (Å²) in [6, 6.07) is 10.1. The lowest BCUT2D eigenvalue weighted by molar-refractivity contribution is 0.640. The Morgan fingerprint density at radius 2 is 1.87 bits per heavy atom. The predicted molar refractivity (Wildman–Crippen MR) is 65.4 cm³/mol. The van der Waals surface area contributed by atoms with Crippen LogP contribution in [0.25, 0.3) is 11.3 Å². The maximum atomic E-state index is 4.48. The predicted octanol–water partition coefficient (Wildman–Crippen LogP) is 2.51. The van der Waals surface area contributed by atoms with Crippen molar-refractivity contribution in [1.29, 1.82) is 0 Å². The van der Waals surface area contributed by atoms with Crippen molar-refractivity contribution in [2.45, 2.75) is 0 Å². The minimum absolute atomic E-state index is 0.962. The topological polar surface area (TPSA) is 21.1 Å². The monoisotopic (exact) mass is 265 g/mol. The van der Waals surface area contributed by atoms with Gasteiger partial charge in [0, 0.05) is 19.7 Å². The lowest BCUT2D eigenvalue weighted by Gasteiger charge is -2.10. The number of halogens is 1. The van der Waals surface area contributed by atoms with Crippen LogP contribution in [0, 0.1) is 0 Å². The van der Waals surface area contributed by atoms with E-state index in [-0.39, 0.29) is 0 Å². The van der Waals surface area contributed by atoms with Gasteiger partial charge in [-0.1, -0.05) is 30.3 Å². The van der Waals surface area contributed by atoms with E-state index < -0.39 is 0 Å². The molecule has 1 aromatic heterocycles. The zero-order chi connectivity index (χ0) is 10.8. The van der Waals surface area contributed by atoms with Gasteiger partial charge in [0.15, 0.2) is 0 Å². The Hall–Kier alpha value is -1.29. The molecule has 0 radical (unpaired) electrons. The number of nitrogens with zero attached hydrogens (tertiary/aromatic N) is 3. The largest absolute Gasteiger partial charge is 0.303 e. The van der Waals surface area contributed by atoms with Gasteiger partial charge in [-0.15, -0.1) is 0 Å². The average molecular weight is 266 g/mol. The van der Waals surface area contributed by atoms with Gasteiger partial charge in [0.25, 0.3) is 0 Å². The van der Waals surface area contributed by atoms with Crippen LogP contribution in [0.3, 0.4) is 0 Å². The third kappa shape index (κ3) is 2.04. The van der Waals surface area contributed by atoms with Gasteiger partial charge in [-0.25, -0.2) is 0 Å². The molecule has 1 heterocycles. The third-order valence-corrected chi connectivity index (χ3v) is 2.69. The Bertz CT molecular complexity index is 448. The highest BCUT2D eigenvalue weighted by molar-refractivity contribution is 9.10. The van der Waals surface area contributed by atoms with Crippen molar-refractivity contribution in [2.75, 3.05) is 19.1 Å². The van der Waals surface area contributed by atoms with Crippen LogP contribution >= 0.6 is 15.9 Å². The summed E-state index contributed by atoms with van der Waals surface area (Å²) in [5, 5.41) is 6.39. The maximum Gasteiger partial charge on any atom is 0.109 e. The zero-order valence-corrected chi connectivity index (χ0v) is 10.3. The second-order valence-corrected chi connectivity index (χ2v) is 4.31. The Kier molecular flexibility index (Phi) is 2.77. The fourth-order valence-electron chi connectivity index (χ4n) is 1.34. The quantitative estimate of drug-likeness (QED) is 0.832. The first kappa shape index (κ1) is 10.2. The fraction of sp³-hybridized carbons (Fsp3) is 0.182. The second kappa shape index (κ2) is 4.06. The van der Waals surface area contributed by atoms with E-state index in [1.165, 1.54) is 0 Å². The number of hydrogen-bond donors (Lipinski definition) is 0. The van der Waals surface area contributed by atoms with Crippen molar-refractivity contribution in [2.24, 2.45) is 0 Å². The van der Waals surface area contributed by atoms with E-state index >= 15 is 0 Å². The highest BCUT2D eigenvalue weighted by Crippen LogP contribution is 2.25. The lowest BCUT2D eigenvalue weighted by atomic mass is 10.2. The average Bonchev–Trinajstić information content (AvgIpc) is 2.62. The molecule has 0 fully saturated rings. The molecule has 0 N–H and O–H groups in total. The summed E-state index contributed by atoms with van der Waals surface area (Å²) in [5.74, 6) is 0. The molecule has 0 saturated heterocycles. The van der Waals surface area contributed by atoms with Gasteiger partial charge in [-0.3, -0.25) is 0 Å². The molecular weight excluding hydrogens is 254 g/mol. The summed E-state index contributed by atoms with van der Waals surface area (Å²) in [4.78, 5) is 1.80. The van der Waals surface area contributed by atoms with E-state index in [0.717, 1.165) is 15.7 Å². The lowest BCUT2D eigenvalue weighted by Crippen LogP contribution is -2.25. The van der Waals surface area contributed by atoms with Gasteiger partial charge in [0.1, 0.15) is 5.69 Å². The summed E-state index contributed by atoms with van der Waals surface area (Å²) >= 11 is 3.51. The molecule has 2 rings (SSSR count). The fourth-order valence-corrected chi connectivity index (χ4v) is 1.83.